The molecule has 2 rings (SSSR count). The van der Waals surface area contributed by atoms with E-state index < -0.39 is 11.9 Å². The highest BCUT2D eigenvalue weighted by molar-refractivity contribution is 5.90. The van der Waals surface area contributed by atoms with Crippen LogP contribution < -0.4 is 21.7 Å². The van der Waals surface area contributed by atoms with Gasteiger partial charge in [-0.3, -0.25) is 9.59 Å². The SMILES string of the molecule is C=C(N)c1cccc(NC(C(=O)NCC(=O)NCCC)c2ccccc2O)c1. The number of aromatic hydroxyl groups is 1. The molecule has 28 heavy (non-hydrogen) atoms. The molecule has 1 atom stereocenters. The van der Waals surface area contributed by atoms with Gasteiger partial charge in [-0.15, -0.1) is 0 Å². The molecule has 0 saturated carbocycles. The fraction of sp³-hybridized carbons (Fsp3) is 0.238. The molecule has 2 aromatic rings. The maximum atomic E-state index is 12.8. The number of hydrogen-bond acceptors (Lipinski definition) is 5. The van der Waals surface area contributed by atoms with Crippen LogP contribution in [0.25, 0.3) is 5.70 Å². The fourth-order valence-electron chi connectivity index (χ4n) is 2.59. The minimum absolute atomic E-state index is 0.0232. The minimum atomic E-state index is -0.901. The molecule has 0 saturated heterocycles. The van der Waals surface area contributed by atoms with E-state index in [9.17, 15) is 14.7 Å². The molecule has 0 heterocycles. The molecule has 148 valence electrons. The second-order valence-electron chi connectivity index (χ2n) is 6.31. The first-order valence-electron chi connectivity index (χ1n) is 9.06. The first-order valence-corrected chi connectivity index (χ1v) is 9.06. The first-order chi connectivity index (χ1) is 13.4. The highest BCUT2D eigenvalue weighted by Gasteiger charge is 2.23. The van der Waals surface area contributed by atoms with Gasteiger partial charge in [0, 0.05) is 23.5 Å². The van der Waals surface area contributed by atoms with Crippen molar-refractivity contribution >= 4 is 23.2 Å². The van der Waals surface area contributed by atoms with Crippen molar-refractivity contribution in [3.05, 3.63) is 66.2 Å². The van der Waals surface area contributed by atoms with Crippen molar-refractivity contribution in [3.8, 4) is 5.75 Å². The van der Waals surface area contributed by atoms with Gasteiger partial charge in [0.05, 0.1) is 6.54 Å². The monoisotopic (exact) mass is 382 g/mol. The maximum absolute atomic E-state index is 12.8. The van der Waals surface area contributed by atoms with Gasteiger partial charge in [0.2, 0.25) is 11.8 Å². The lowest BCUT2D eigenvalue weighted by Gasteiger charge is -2.21. The van der Waals surface area contributed by atoms with Crippen molar-refractivity contribution in [2.45, 2.75) is 19.4 Å². The summed E-state index contributed by atoms with van der Waals surface area (Å²) in [5, 5.41) is 18.6. The summed E-state index contributed by atoms with van der Waals surface area (Å²) >= 11 is 0. The molecule has 0 aliphatic carbocycles. The number of nitrogens with one attached hydrogen (secondary N) is 3. The smallest absolute Gasteiger partial charge is 0.247 e. The van der Waals surface area contributed by atoms with E-state index in [4.69, 9.17) is 5.73 Å². The number of nitrogens with two attached hydrogens (primary N) is 1. The van der Waals surface area contributed by atoms with E-state index in [1.54, 1.807) is 42.5 Å². The van der Waals surface area contributed by atoms with E-state index in [0.717, 1.165) is 12.0 Å². The predicted octanol–water partition coefficient (Wildman–Crippen LogP) is 2.12. The maximum Gasteiger partial charge on any atom is 0.247 e. The number of benzene rings is 2. The average molecular weight is 382 g/mol. The topological polar surface area (TPSA) is 116 Å². The van der Waals surface area contributed by atoms with Gasteiger partial charge >= 0.3 is 0 Å². The summed E-state index contributed by atoms with van der Waals surface area (Å²) in [6.45, 7) is 6.06. The highest BCUT2D eigenvalue weighted by Crippen LogP contribution is 2.28. The molecular weight excluding hydrogens is 356 g/mol. The Labute approximate surface area is 164 Å². The van der Waals surface area contributed by atoms with E-state index in [2.05, 4.69) is 22.5 Å². The molecule has 7 nitrogen and oxygen atoms in total. The molecule has 0 bridgehead atoms. The Bertz CT molecular complexity index is 851. The summed E-state index contributed by atoms with van der Waals surface area (Å²) in [4.78, 5) is 24.6. The molecule has 1 unspecified atom stereocenters. The zero-order valence-electron chi connectivity index (χ0n) is 15.9. The number of para-hydroxylation sites is 1. The molecule has 0 radical (unpaired) electrons. The van der Waals surface area contributed by atoms with Crippen LogP contribution in [-0.2, 0) is 9.59 Å². The van der Waals surface area contributed by atoms with E-state index in [1.165, 1.54) is 6.07 Å². The van der Waals surface area contributed by atoms with E-state index in [0.29, 0.717) is 23.5 Å². The first kappa shape index (κ1) is 20.8. The van der Waals surface area contributed by atoms with Gasteiger partial charge < -0.3 is 26.8 Å². The fourth-order valence-corrected chi connectivity index (χ4v) is 2.59. The van der Waals surface area contributed by atoms with Crippen molar-refractivity contribution in [3.63, 3.8) is 0 Å². The lowest BCUT2D eigenvalue weighted by molar-refractivity contribution is -0.126. The zero-order valence-corrected chi connectivity index (χ0v) is 15.9. The second-order valence-corrected chi connectivity index (χ2v) is 6.31. The summed E-state index contributed by atoms with van der Waals surface area (Å²) in [5.74, 6) is -0.734. The van der Waals surface area contributed by atoms with Crippen LogP contribution in [0.4, 0.5) is 5.69 Å². The van der Waals surface area contributed by atoms with Crippen LogP contribution in [0.15, 0.2) is 55.1 Å². The number of phenols is 1. The Morgan fingerprint density at radius 3 is 2.57 bits per heavy atom. The molecule has 0 spiro atoms. The number of rotatable bonds is 9. The third kappa shape index (κ3) is 5.77. The van der Waals surface area contributed by atoms with Gasteiger partial charge in [0.25, 0.3) is 0 Å². The number of amides is 2. The van der Waals surface area contributed by atoms with Crippen LogP contribution in [0, 0.1) is 0 Å². The Kier molecular flexibility index (Phi) is 7.45. The standard InChI is InChI=1S/C21H26N4O3/c1-3-11-23-19(27)13-24-21(28)20(17-9-4-5-10-18(17)26)25-16-8-6-7-15(12-16)14(2)22/h4-10,12,20,25-26H,2-3,11,13,22H2,1H3,(H,23,27)(H,24,28). The summed E-state index contributed by atoms with van der Waals surface area (Å²) in [5.41, 5.74) is 7.89. The normalized spacial score (nSPS) is 11.3. The number of anilines is 1. The third-order valence-electron chi connectivity index (χ3n) is 4.05. The minimum Gasteiger partial charge on any atom is -0.508 e. The number of carbonyl (C=O) groups excluding carboxylic acids is 2. The zero-order chi connectivity index (χ0) is 20.5. The Morgan fingerprint density at radius 1 is 1.14 bits per heavy atom. The molecule has 0 aromatic heterocycles. The summed E-state index contributed by atoms with van der Waals surface area (Å²) in [6.07, 6.45) is 0.810. The van der Waals surface area contributed by atoms with Crippen molar-refractivity contribution < 1.29 is 14.7 Å². The number of phenolic OH excluding ortho intramolecular Hbond substituents is 1. The van der Waals surface area contributed by atoms with Gasteiger partial charge in [0.15, 0.2) is 0 Å². The van der Waals surface area contributed by atoms with Gasteiger partial charge in [-0.25, -0.2) is 0 Å². The van der Waals surface area contributed by atoms with E-state index in [1.807, 2.05) is 6.92 Å². The molecule has 0 fully saturated rings. The van der Waals surface area contributed by atoms with Crippen LogP contribution in [0.5, 0.6) is 5.75 Å². The van der Waals surface area contributed by atoms with Crippen LogP contribution in [0.3, 0.4) is 0 Å². The van der Waals surface area contributed by atoms with Crippen molar-refractivity contribution in [1.29, 1.82) is 0 Å². The van der Waals surface area contributed by atoms with Crippen LogP contribution in [0.2, 0.25) is 0 Å². The molecule has 7 heteroatoms. The highest BCUT2D eigenvalue weighted by atomic mass is 16.3. The van der Waals surface area contributed by atoms with Gasteiger partial charge in [-0.05, 0) is 30.2 Å². The van der Waals surface area contributed by atoms with Crippen LogP contribution in [0.1, 0.15) is 30.5 Å². The number of carbonyl (C=O) groups is 2. The van der Waals surface area contributed by atoms with Crippen molar-refractivity contribution in [2.75, 3.05) is 18.4 Å². The van der Waals surface area contributed by atoms with Gasteiger partial charge in [-0.2, -0.15) is 0 Å². The Hall–Kier alpha value is -3.48. The summed E-state index contributed by atoms with van der Waals surface area (Å²) < 4.78 is 0. The van der Waals surface area contributed by atoms with Gasteiger partial charge in [0.1, 0.15) is 11.8 Å². The predicted molar refractivity (Wildman–Crippen MR) is 110 cm³/mol. The summed E-state index contributed by atoms with van der Waals surface area (Å²) in [7, 11) is 0. The third-order valence-corrected chi connectivity index (χ3v) is 4.05. The van der Waals surface area contributed by atoms with Crippen LogP contribution in [-0.4, -0.2) is 30.0 Å². The molecular formula is C21H26N4O3. The Balaban J connectivity index is 2.22. The Morgan fingerprint density at radius 2 is 1.89 bits per heavy atom. The average Bonchev–Trinajstić information content (AvgIpc) is 2.69. The molecule has 2 amide bonds. The molecule has 0 aliphatic heterocycles. The van der Waals surface area contributed by atoms with Crippen LogP contribution >= 0.6 is 0 Å². The van der Waals surface area contributed by atoms with Crippen molar-refractivity contribution in [2.24, 2.45) is 5.73 Å². The lowest BCUT2D eigenvalue weighted by atomic mass is 10.0. The van der Waals surface area contributed by atoms with Gasteiger partial charge in [-0.1, -0.05) is 43.8 Å². The molecule has 2 aromatic carbocycles. The summed E-state index contributed by atoms with van der Waals surface area (Å²) in [6, 6.07) is 12.8. The number of hydrogen-bond donors (Lipinski definition) is 5. The van der Waals surface area contributed by atoms with E-state index >= 15 is 0 Å². The van der Waals surface area contributed by atoms with E-state index in [-0.39, 0.29) is 18.2 Å². The molecule has 6 N–H and O–H groups in total. The van der Waals surface area contributed by atoms with Crippen molar-refractivity contribution in [1.82, 2.24) is 10.6 Å². The lowest BCUT2D eigenvalue weighted by Crippen LogP contribution is -2.40. The molecule has 0 aliphatic rings. The quantitative estimate of drug-likeness (QED) is 0.455. The second kappa shape index (κ2) is 10.0. The largest absolute Gasteiger partial charge is 0.508 e.